The van der Waals surface area contributed by atoms with E-state index < -0.39 is 0 Å². The monoisotopic (exact) mass is 231 g/mol. The fourth-order valence-corrected chi connectivity index (χ4v) is 3.17. The Kier molecular flexibility index (Phi) is 4.22. The van der Waals surface area contributed by atoms with Crippen LogP contribution in [0.3, 0.4) is 0 Å². The number of nitrogens with two attached hydrogens (primary N) is 1. The molecule has 2 atom stereocenters. The van der Waals surface area contributed by atoms with Crippen LogP contribution in [0.4, 0.5) is 0 Å². The molecule has 0 saturated heterocycles. The lowest BCUT2D eigenvalue weighted by Crippen LogP contribution is -2.28. The van der Waals surface area contributed by atoms with E-state index in [4.69, 9.17) is 5.73 Å². The highest BCUT2D eigenvalue weighted by molar-refractivity contribution is 5.30. The van der Waals surface area contributed by atoms with Crippen molar-refractivity contribution < 1.29 is 0 Å². The Morgan fingerprint density at radius 1 is 1.12 bits per heavy atom. The SMILES string of the molecule is Cc1ccc(C)c(CC2CCCCC2CN)c1. The van der Waals surface area contributed by atoms with Crippen molar-refractivity contribution in [3.8, 4) is 0 Å². The van der Waals surface area contributed by atoms with Gasteiger partial charge in [-0.1, -0.05) is 36.6 Å². The minimum Gasteiger partial charge on any atom is -0.330 e. The summed E-state index contributed by atoms with van der Waals surface area (Å²) < 4.78 is 0. The van der Waals surface area contributed by atoms with Gasteiger partial charge in [-0.3, -0.25) is 0 Å². The number of benzene rings is 1. The first-order chi connectivity index (χ1) is 8.20. The van der Waals surface area contributed by atoms with Gasteiger partial charge in [0.15, 0.2) is 0 Å². The van der Waals surface area contributed by atoms with Crippen molar-refractivity contribution in [2.24, 2.45) is 17.6 Å². The maximum Gasteiger partial charge on any atom is -0.00461 e. The molecule has 94 valence electrons. The third kappa shape index (κ3) is 3.10. The van der Waals surface area contributed by atoms with E-state index in [2.05, 4.69) is 32.0 Å². The second-order valence-corrected chi connectivity index (χ2v) is 5.67. The van der Waals surface area contributed by atoms with E-state index in [0.717, 1.165) is 18.4 Å². The van der Waals surface area contributed by atoms with E-state index in [1.165, 1.54) is 48.8 Å². The molecule has 1 aliphatic rings. The van der Waals surface area contributed by atoms with Crippen LogP contribution in [0, 0.1) is 25.7 Å². The van der Waals surface area contributed by atoms with E-state index in [1.54, 1.807) is 0 Å². The molecule has 17 heavy (non-hydrogen) atoms. The van der Waals surface area contributed by atoms with Crippen molar-refractivity contribution in [3.63, 3.8) is 0 Å². The van der Waals surface area contributed by atoms with Gasteiger partial charge >= 0.3 is 0 Å². The Morgan fingerprint density at radius 3 is 2.53 bits per heavy atom. The van der Waals surface area contributed by atoms with Crippen LogP contribution in [0.15, 0.2) is 18.2 Å². The summed E-state index contributed by atoms with van der Waals surface area (Å²) in [5.74, 6) is 1.57. The predicted octanol–water partition coefficient (Wildman–Crippen LogP) is 3.61. The Balaban J connectivity index is 2.10. The van der Waals surface area contributed by atoms with Crippen molar-refractivity contribution >= 4 is 0 Å². The van der Waals surface area contributed by atoms with E-state index in [-0.39, 0.29) is 0 Å². The molecule has 1 aromatic rings. The highest BCUT2D eigenvalue weighted by atomic mass is 14.6. The molecule has 1 aromatic carbocycles. The van der Waals surface area contributed by atoms with Gasteiger partial charge in [0.2, 0.25) is 0 Å². The molecule has 0 amide bonds. The number of hydrogen-bond donors (Lipinski definition) is 1. The summed E-state index contributed by atoms with van der Waals surface area (Å²) in [4.78, 5) is 0. The van der Waals surface area contributed by atoms with E-state index in [1.807, 2.05) is 0 Å². The molecule has 0 spiro atoms. The normalized spacial score (nSPS) is 24.9. The molecule has 2 N–H and O–H groups in total. The summed E-state index contributed by atoms with van der Waals surface area (Å²) in [6.45, 7) is 5.29. The van der Waals surface area contributed by atoms with Crippen molar-refractivity contribution in [1.29, 1.82) is 0 Å². The first kappa shape index (κ1) is 12.6. The van der Waals surface area contributed by atoms with Gasteiger partial charge in [0.05, 0.1) is 0 Å². The molecule has 0 aliphatic heterocycles. The van der Waals surface area contributed by atoms with Crippen LogP contribution in [0.1, 0.15) is 42.4 Å². The van der Waals surface area contributed by atoms with Crippen molar-refractivity contribution in [2.45, 2.75) is 46.0 Å². The van der Waals surface area contributed by atoms with Gasteiger partial charge in [-0.25, -0.2) is 0 Å². The molecule has 0 radical (unpaired) electrons. The van der Waals surface area contributed by atoms with Gasteiger partial charge in [0.1, 0.15) is 0 Å². The average molecular weight is 231 g/mol. The largest absolute Gasteiger partial charge is 0.330 e. The minimum absolute atomic E-state index is 0.753. The maximum atomic E-state index is 5.92. The third-order valence-corrected chi connectivity index (χ3v) is 4.36. The molecule has 0 heterocycles. The molecule has 0 bridgehead atoms. The molecular formula is C16H25N. The standard InChI is InChI=1S/C16H25N/c1-12-7-8-13(2)16(9-12)10-14-5-3-4-6-15(14)11-17/h7-9,14-15H,3-6,10-11,17H2,1-2H3. The first-order valence-corrected chi connectivity index (χ1v) is 6.97. The quantitative estimate of drug-likeness (QED) is 0.845. The zero-order valence-electron chi connectivity index (χ0n) is 11.2. The van der Waals surface area contributed by atoms with Gasteiger partial charge < -0.3 is 5.73 Å². The first-order valence-electron chi connectivity index (χ1n) is 6.97. The van der Waals surface area contributed by atoms with Crippen LogP contribution < -0.4 is 5.73 Å². The molecule has 1 heteroatoms. The molecule has 1 fully saturated rings. The average Bonchev–Trinajstić information content (AvgIpc) is 2.34. The lowest BCUT2D eigenvalue weighted by atomic mass is 9.75. The summed E-state index contributed by atoms with van der Waals surface area (Å²) in [5, 5.41) is 0. The molecule has 2 unspecified atom stereocenters. The molecular weight excluding hydrogens is 206 g/mol. The zero-order chi connectivity index (χ0) is 12.3. The summed E-state index contributed by atoms with van der Waals surface area (Å²) in [6, 6.07) is 6.82. The van der Waals surface area contributed by atoms with E-state index >= 15 is 0 Å². The fourth-order valence-electron chi connectivity index (χ4n) is 3.17. The van der Waals surface area contributed by atoms with Crippen molar-refractivity contribution in [3.05, 3.63) is 34.9 Å². The highest BCUT2D eigenvalue weighted by Gasteiger charge is 2.24. The lowest BCUT2D eigenvalue weighted by molar-refractivity contribution is 0.242. The minimum atomic E-state index is 0.753. The molecule has 1 nitrogen and oxygen atoms in total. The number of aryl methyl sites for hydroxylation is 2. The van der Waals surface area contributed by atoms with Gasteiger partial charge in [-0.05, 0) is 62.6 Å². The topological polar surface area (TPSA) is 26.0 Å². The van der Waals surface area contributed by atoms with Crippen molar-refractivity contribution in [2.75, 3.05) is 6.54 Å². The smallest absolute Gasteiger partial charge is 0.00461 e. The van der Waals surface area contributed by atoms with E-state index in [9.17, 15) is 0 Å². The highest BCUT2D eigenvalue weighted by Crippen LogP contribution is 2.32. The van der Waals surface area contributed by atoms with Crippen LogP contribution in [0.2, 0.25) is 0 Å². The maximum absolute atomic E-state index is 5.92. The summed E-state index contributed by atoms with van der Waals surface area (Å²) in [7, 11) is 0. The second-order valence-electron chi connectivity index (χ2n) is 5.67. The summed E-state index contributed by atoms with van der Waals surface area (Å²) in [5.41, 5.74) is 10.3. The van der Waals surface area contributed by atoms with Crippen molar-refractivity contribution in [1.82, 2.24) is 0 Å². The number of rotatable bonds is 3. The molecule has 1 saturated carbocycles. The van der Waals surface area contributed by atoms with Gasteiger partial charge in [0.25, 0.3) is 0 Å². The Bertz CT molecular complexity index is 370. The molecule has 0 aromatic heterocycles. The lowest BCUT2D eigenvalue weighted by Gasteiger charge is -2.31. The fraction of sp³-hybridized carbons (Fsp3) is 0.625. The van der Waals surface area contributed by atoms with Crippen LogP contribution in [-0.2, 0) is 6.42 Å². The molecule has 1 aliphatic carbocycles. The van der Waals surface area contributed by atoms with E-state index in [0.29, 0.717) is 0 Å². The van der Waals surface area contributed by atoms with Crippen LogP contribution >= 0.6 is 0 Å². The predicted molar refractivity (Wildman–Crippen MR) is 74.1 cm³/mol. The number of hydrogen-bond acceptors (Lipinski definition) is 1. The Morgan fingerprint density at radius 2 is 1.82 bits per heavy atom. The summed E-state index contributed by atoms with van der Waals surface area (Å²) >= 11 is 0. The van der Waals surface area contributed by atoms with Crippen LogP contribution in [0.25, 0.3) is 0 Å². The molecule has 2 rings (SSSR count). The second kappa shape index (κ2) is 5.68. The van der Waals surface area contributed by atoms with Crippen LogP contribution in [-0.4, -0.2) is 6.54 Å². The van der Waals surface area contributed by atoms with Gasteiger partial charge in [0, 0.05) is 0 Å². The zero-order valence-corrected chi connectivity index (χ0v) is 11.2. The Hall–Kier alpha value is -0.820. The summed E-state index contributed by atoms with van der Waals surface area (Å²) in [6.07, 6.45) is 6.72. The third-order valence-electron chi connectivity index (χ3n) is 4.36. The van der Waals surface area contributed by atoms with Crippen LogP contribution in [0.5, 0.6) is 0 Å². The van der Waals surface area contributed by atoms with Gasteiger partial charge in [-0.2, -0.15) is 0 Å². The Labute approximate surface area is 105 Å². The van der Waals surface area contributed by atoms with Gasteiger partial charge in [-0.15, -0.1) is 0 Å².